The zero-order chi connectivity index (χ0) is 16.1. The van der Waals surface area contributed by atoms with Gasteiger partial charge in [0, 0.05) is 5.02 Å². The Bertz CT molecular complexity index is 799. The molecule has 1 heterocycles. The predicted molar refractivity (Wildman–Crippen MR) is 89.4 cm³/mol. The number of nitrogen functional groups attached to an aromatic ring is 1. The molecule has 2 aromatic carbocycles. The lowest BCUT2D eigenvalue weighted by Gasteiger charge is -2.05. The van der Waals surface area contributed by atoms with E-state index in [1.807, 2.05) is 30.3 Å². The first-order valence-electron chi connectivity index (χ1n) is 6.90. The number of nitrogens with zero attached hydrogens (tertiary/aromatic N) is 3. The topological polar surface area (TPSA) is 88.6 Å². The molecule has 23 heavy (non-hydrogen) atoms. The Morgan fingerprint density at radius 2 is 1.78 bits per heavy atom. The first-order valence-corrected chi connectivity index (χ1v) is 7.28. The molecule has 6 nitrogen and oxygen atoms in total. The third kappa shape index (κ3) is 3.87. The smallest absolute Gasteiger partial charge is 0.173 e. The Hall–Kier alpha value is -2.86. The molecular weight excluding hydrogens is 314 g/mol. The van der Waals surface area contributed by atoms with E-state index in [0.717, 1.165) is 5.69 Å². The van der Waals surface area contributed by atoms with Gasteiger partial charge in [0.15, 0.2) is 11.5 Å². The summed E-state index contributed by atoms with van der Waals surface area (Å²) in [4.78, 5) is 0. The molecule has 0 saturated carbocycles. The maximum absolute atomic E-state index is 5.84. The summed E-state index contributed by atoms with van der Waals surface area (Å²) in [5.74, 6) is 0.966. The van der Waals surface area contributed by atoms with Crippen LogP contribution < -0.4 is 10.5 Å². The monoisotopic (exact) mass is 327 g/mol. The van der Waals surface area contributed by atoms with Crippen LogP contribution in [0.1, 0.15) is 5.69 Å². The summed E-state index contributed by atoms with van der Waals surface area (Å²) in [5, 5.41) is 15.7. The number of H-pyrrole nitrogens is 1. The van der Waals surface area contributed by atoms with E-state index in [9.17, 15) is 0 Å². The van der Waals surface area contributed by atoms with E-state index in [-0.39, 0.29) is 12.4 Å². The molecule has 0 atom stereocenters. The lowest BCUT2D eigenvalue weighted by Crippen LogP contribution is -1.96. The summed E-state index contributed by atoms with van der Waals surface area (Å²) in [5.41, 5.74) is 7.68. The van der Waals surface area contributed by atoms with Crippen molar-refractivity contribution in [1.82, 2.24) is 10.2 Å². The van der Waals surface area contributed by atoms with Gasteiger partial charge in [0.1, 0.15) is 18.1 Å². The van der Waals surface area contributed by atoms with E-state index in [4.69, 9.17) is 22.1 Å². The highest BCUT2D eigenvalue weighted by Crippen LogP contribution is 2.27. The first kappa shape index (κ1) is 15.1. The zero-order valence-corrected chi connectivity index (χ0v) is 12.9. The molecule has 0 aliphatic rings. The number of halogens is 1. The average molecular weight is 328 g/mol. The van der Waals surface area contributed by atoms with Crippen LogP contribution in [0.4, 0.5) is 17.2 Å². The summed E-state index contributed by atoms with van der Waals surface area (Å²) in [6.45, 7) is 0.245. The fraction of sp³-hybridized carbons (Fsp3) is 0.0625. The first-order chi connectivity index (χ1) is 11.2. The number of ether oxygens (including phenoxy) is 1. The molecule has 0 bridgehead atoms. The lowest BCUT2D eigenvalue weighted by molar-refractivity contribution is 0.301. The van der Waals surface area contributed by atoms with Crippen LogP contribution >= 0.6 is 11.6 Å². The van der Waals surface area contributed by atoms with Gasteiger partial charge in [0.25, 0.3) is 0 Å². The third-order valence-corrected chi connectivity index (χ3v) is 3.31. The van der Waals surface area contributed by atoms with Crippen LogP contribution in [0.25, 0.3) is 0 Å². The quantitative estimate of drug-likeness (QED) is 0.669. The lowest BCUT2D eigenvalue weighted by atomic mass is 10.3. The van der Waals surface area contributed by atoms with Crippen LogP contribution in [-0.4, -0.2) is 10.2 Å². The van der Waals surface area contributed by atoms with Gasteiger partial charge in [-0.25, -0.2) is 0 Å². The van der Waals surface area contributed by atoms with Gasteiger partial charge in [-0.15, -0.1) is 5.11 Å². The Balaban J connectivity index is 1.73. The molecule has 0 spiro atoms. The molecule has 7 heteroatoms. The van der Waals surface area contributed by atoms with Crippen LogP contribution in [0.15, 0.2) is 64.8 Å². The molecule has 0 fully saturated rings. The van der Waals surface area contributed by atoms with Crippen molar-refractivity contribution < 1.29 is 4.74 Å². The van der Waals surface area contributed by atoms with E-state index in [0.29, 0.717) is 22.2 Å². The summed E-state index contributed by atoms with van der Waals surface area (Å²) < 4.78 is 5.67. The number of benzene rings is 2. The van der Waals surface area contributed by atoms with Crippen LogP contribution in [0.5, 0.6) is 5.75 Å². The Morgan fingerprint density at radius 3 is 2.52 bits per heavy atom. The van der Waals surface area contributed by atoms with Crippen molar-refractivity contribution in [2.24, 2.45) is 10.2 Å². The fourth-order valence-corrected chi connectivity index (χ4v) is 2.02. The number of nitrogens with two attached hydrogens (primary N) is 1. The SMILES string of the molecule is Nc1n[nH]c(COc2ccc(Cl)cc2)c1N=Nc1ccccc1. The summed E-state index contributed by atoms with van der Waals surface area (Å²) in [6.07, 6.45) is 0. The molecule has 0 aliphatic heterocycles. The van der Waals surface area contributed by atoms with E-state index >= 15 is 0 Å². The van der Waals surface area contributed by atoms with E-state index < -0.39 is 0 Å². The van der Waals surface area contributed by atoms with E-state index in [2.05, 4.69) is 20.4 Å². The van der Waals surface area contributed by atoms with Gasteiger partial charge in [0.2, 0.25) is 0 Å². The molecule has 3 aromatic rings. The molecule has 0 radical (unpaired) electrons. The van der Waals surface area contributed by atoms with Gasteiger partial charge in [-0.2, -0.15) is 10.2 Å². The van der Waals surface area contributed by atoms with E-state index in [1.165, 1.54) is 0 Å². The van der Waals surface area contributed by atoms with Crippen LogP contribution in [0.3, 0.4) is 0 Å². The van der Waals surface area contributed by atoms with Crippen LogP contribution in [0, 0.1) is 0 Å². The molecule has 3 rings (SSSR count). The normalized spacial score (nSPS) is 11.0. The Kier molecular flexibility index (Phi) is 4.54. The number of hydrogen-bond acceptors (Lipinski definition) is 5. The third-order valence-electron chi connectivity index (χ3n) is 3.06. The van der Waals surface area contributed by atoms with Crippen molar-refractivity contribution >= 4 is 28.8 Å². The second-order valence-electron chi connectivity index (χ2n) is 4.71. The predicted octanol–water partition coefficient (Wildman–Crippen LogP) is 4.64. The molecule has 0 amide bonds. The number of anilines is 1. The highest BCUT2D eigenvalue weighted by atomic mass is 35.5. The molecule has 0 saturated heterocycles. The standard InChI is InChI=1S/C16H14ClN5O/c17-11-6-8-13(9-7-11)23-10-14-15(16(18)22-20-14)21-19-12-4-2-1-3-5-12/h1-9H,10H2,(H3,18,20,22). The number of aromatic nitrogens is 2. The number of rotatable bonds is 5. The van der Waals surface area contributed by atoms with Gasteiger partial charge < -0.3 is 10.5 Å². The Morgan fingerprint density at radius 1 is 1.04 bits per heavy atom. The van der Waals surface area contributed by atoms with Gasteiger partial charge in [0.05, 0.1) is 5.69 Å². The minimum Gasteiger partial charge on any atom is -0.487 e. The van der Waals surface area contributed by atoms with Gasteiger partial charge in [-0.05, 0) is 36.4 Å². The number of azo groups is 1. The summed E-state index contributed by atoms with van der Waals surface area (Å²) >= 11 is 5.84. The second-order valence-corrected chi connectivity index (χ2v) is 5.15. The van der Waals surface area contributed by atoms with Crippen LogP contribution in [-0.2, 0) is 6.61 Å². The number of nitrogens with one attached hydrogen (secondary N) is 1. The van der Waals surface area contributed by atoms with Crippen molar-refractivity contribution in [3.05, 3.63) is 65.3 Å². The highest BCUT2D eigenvalue weighted by molar-refractivity contribution is 6.30. The summed E-state index contributed by atoms with van der Waals surface area (Å²) in [7, 11) is 0. The average Bonchev–Trinajstić information content (AvgIpc) is 2.93. The molecular formula is C16H14ClN5O. The molecule has 0 aliphatic carbocycles. The van der Waals surface area contributed by atoms with Gasteiger partial charge in [-0.1, -0.05) is 29.8 Å². The molecule has 1 aromatic heterocycles. The van der Waals surface area contributed by atoms with Crippen molar-refractivity contribution in [2.75, 3.05) is 5.73 Å². The zero-order valence-electron chi connectivity index (χ0n) is 12.1. The largest absolute Gasteiger partial charge is 0.487 e. The maximum Gasteiger partial charge on any atom is 0.173 e. The number of hydrogen-bond donors (Lipinski definition) is 2. The number of aromatic amines is 1. The molecule has 0 unspecified atom stereocenters. The molecule has 116 valence electrons. The summed E-state index contributed by atoms with van der Waals surface area (Å²) in [6, 6.07) is 16.5. The van der Waals surface area contributed by atoms with Gasteiger partial charge in [-0.3, -0.25) is 5.10 Å². The van der Waals surface area contributed by atoms with Gasteiger partial charge >= 0.3 is 0 Å². The van der Waals surface area contributed by atoms with Crippen molar-refractivity contribution in [3.8, 4) is 5.75 Å². The Labute approximate surface area is 138 Å². The maximum atomic E-state index is 5.84. The minimum atomic E-state index is 0.245. The van der Waals surface area contributed by atoms with Crippen molar-refractivity contribution in [1.29, 1.82) is 0 Å². The van der Waals surface area contributed by atoms with Crippen LogP contribution in [0.2, 0.25) is 5.02 Å². The van der Waals surface area contributed by atoms with Crippen molar-refractivity contribution in [2.45, 2.75) is 6.61 Å². The van der Waals surface area contributed by atoms with Crippen molar-refractivity contribution in [3.63, 3.8) is 0 Å². The minimum absolute atomic E-state index is 0.245. The molecule has 3 N–H and O–H groups in total. The highest BCUT2D eigenvalue weighted by Gasteiger charge is 2.11. The fourth-order valence-electron chi connectivity index (χ4n) is 1.89. The van der Waals surface area contributed by atoms with E-state index in [1.54, 1.807) is 24.3 Å². The second kappa shape index (κ2) is 6.93.